The zero-order chi connectivity index (χ0) is 27.5. The maximum atomic E-state index is 14.3. The van der Waals surface area contributed by atoms with Gasteiger partial charge in [-0.1, -0.05) is 47.7 Å². The summed E-state index contributed by atoms with van der Waals surface area (Å²) in [7, 11) is 0. The van der Waals surface area contributed by atoms with Gasteiger partial charge in [-0.05, 0) is 49.8 Å². The molecule has 7 nitrogen and oxygen atoms in total. The predicted octanol–water partition coefficient (Wildman–Crippen LogP) is 5.31. The Bertz CT molecular complexity index is 1700. The Kier molecular flexibility index (Phi) is 6.03. The number of rotatable bonds is 6. The van der Waals surface area contributed by atoms with Gasteiger partial charge in [0.25, 0.3) is 5.91 Å². The zero-order valence-corrected chi connectivity index (χ0v) is 22.6. The lowest BCUT2D eigenvalue weighted by Gasteiger charge is -2.40. The Morgan fingerprint density at radius 1 is 1.02 bits per heavy atom. The number of carbonyl (C=O) groups is 1. The first kappa shape index (κ1) is 25.1. The number of pyridine rings is 1. The minimum Gasteiger partial charge on any atom is -0.483 e. The highest BCUT2D eigenvalue weighted by Crippen LogP contribution is 2.47. The first-order valence-corrected chi connectivity index (χ1v) is 14.3. The minimum atomic E-state index is -0.655. The lowest BCUT2D eigenvalue weighted by Crippen LogP contribution is -2.50. The van der Waals surface area contributed by atoms with Crippen molar-refractivity contribution in [2.45, 2.75) is 63.8 Å². The van der Waals surface area contributed by atoms with E-state index in [1.807, 2.05) is 39.8 Å². The third kappa shape index (κ3) is 3.96. The molecular weight excluding hydrogens is 534 g/mol. The van der Waals surface area contributed by atoms with Gasteiger partial charge in [0.2, 0.25) is 5.43 Å². The second-order valence-electron chi connectivity index (χ2n) is 10.7. The van der Waals surface area contributed by atoms with E-state index < -0.39 is 11.6 Å². The van der Waals surface area contributed by atoms with Gasteiger partial charge in [-0.25, -0.2) is 8.78 Å². The molecule has 0 radical (unpaired) electrons. The van der Waals surface area contributed by atoms with E-state index in [1.54, 1.807) is 0 Å². The first-order chi connectivity index (χ1) is 19.4. The molecule has 7 rings (SSSR count). The van der Waals surface area contributed by atoms with Crippen molar-refractivity contribution < 1.29 is 18.3 Å². The molecule has 3 atom stereocenters. The fraction of sp³-hybridized carbons (Fsp3) is 0.333. The molecule has 0 N–H and O–H groups in total. The van der Waals surface area contributed by atoms with Crippen LogP contribution in [-0.4, -0.2) is 37.7 Å². The second kappa shape index (κ2) is 9.62. The average molecular weight is 561 g/mol. The summed E-state index contributed by atoms with van der Waals surface area (Å²) in [4.78, 5) is 30.0. The maximum Gasteiger partial charge on any atom is 0.275 e. The molecule has 1 fully saturated rings. The van der Waals surface area contributed by atoms with Gasteiger partial charge < -0.3 is 14.2 Å². The number of aromatic nitrogens is 3. The third-order valence-corrected chi connectivity index (χ3v) is 9.28. The van der Waals surface area contributed by atoms with Crippen LogP contribution in [0.3, 0.4) is 0 Å². The molecule has 204 valence electrons. The van der Waals surface area contributed by atoms with Crippen LogP contribution in [0.5, 0.6) is 5.75 Å². The molecule has 3 aliphatic heterocycles. The van der Waals surface area contributed by atoms with Crippen LogP contribution in [0.4, 0.5) is 8.78 Å². The van der Waals surface area contributed by atoms with E-state index >= 15 is 0 Å². The molecule has 1 saturated heterocycles. The number of halogens is 2. The summed E-state index contributed by atoms with van der Waals surface area (Å²) in [5.41, 5.74) is 2.29. The van der Waals surface area contributed by atoms with E-state index in [-0.39, 0.29) is 48.2 Å². The number of nitrogens with zero attached hydrogens (tertiary/aromatic N) is 4. The normalized spacial score (nSPS) is 21.0. The molecule has 0 saturated carbocycles. The Morgan fingerprint density at radius 2 is 1.85 bits per heavy atom. The second-order valence-corrected chi connectivity index (χ2v) is 11.8. The first-order valence-electron chi connectivity index (χ1n) is 13.5. The van der Waals surface area contributed by atoms with Crippen molar-refractivity contribution in [3.05, 3.63) is 97.9 Å². The topological polar surface area (TPSA) is 77.3 Å². The Labute approximate surface area is 233 Å². The summed E-state index contributed by atoms with van der Waals surface area (Å²) in [5, 5.41) is 9.48. The lowest BCUT2D eigenvalue weighted by atomic mass is 10.0. The predicted molar refractivity (Wildman–Crippen MR) is 146 cm³/mol. The van der Waals surface area contributed by atoms with Crippen molar-refractivity contribution in [2.75, 3.05) is 0 Å². The van der Waals surface area contributed by atoms with Crippen LogP contribution < -0.4 is 10.2 Å². The highest BCUT2D eigenvalue weighted by molar-refractivity contribution is 7.14. The summed E-state index contributed by atoms with van der Waals surface area (Å²) >= 11 is 1.20. The van der Waals surface area contributed by atoms with Crippen LogP contribution >= 0.6 is 11.3 Å². The number of hydrogen-bond donors (Lipinski definition) is 0. The molecule has 3 aliphatic rings. The molecule has 4 aromatic rings. The van der Waals surface area contributed by atoms with Crippen molar-refractivity contribution in [3.63, 3.8) is 0 Å². The molecule has 2 aromatic carbocycles. The summed E-state index contributed by atoms with van der Waals surface area (Å²) in [6, 6.07) is 13.2. The number of fused-ring (bicyclic) bond motifs is 2. The van der Waals surface area contributed by atoms with Crippen LogP contribution in [0.15, 0.2) is 53.3 Å². The van der Waals surface area contributed by atoms with E-state index in [0.29, 0.717) is 33.3 Å². The molecule has 10 heteroatoms. The van der Waals surface area contributed by atoms with E-state index in [2.05, 4.69) is 17.1 Å². The average Bonchev–Trinajstić information content (AvgIpc) is 3.68. The van der Waals surface area contributed by atoms with Crippen LogP contribution in [0.25, 0.3) is 10.6 Å². The molecule has 0 spiro atoms. The molecular formula is C30H26F2N4O3S. The smallest absolute Gasteiger partial charge is 0.275 e. The summed E-state index contributed by atoms with van der Waals surface area (Å²) in [5.74, 6) is -1.42. The fourth-order valence-corrected chi connectivity index (χ4v) is 7.44. The number of amides is 1. The van der Waals surface area contributed by atoms with Gasteiger partial charge in [0.15, 0.2) is 16.5 Å². The van der Waals surface area contributed by atoms with Crippen LogP contribution in [0, 0.1) is 11.6 Å². The molecule has 2 unspecified atom stereocenters. The largest absolute Gasteiger partial charge is 0.483 e. The zero-order valence-electron chi connectivity index (χ0n) is 21.8. The minimum absolute atomic E-state index is 0.0402. The van der Waals surface area contributed by atoms with Crippen LogP contribution in [0.2, 0.25) is 0 Å². The summed E-state index contributed by atoms with van der Waals surface area (Å²) in [6.07, 6.45) is 3.42. The quantitative estimate of drug-likeness (QED) is 0.320. The summed E-state index contributed by atoms with van der Waals surface area (Å²) in [6.45, 7) is 2.21. The number of hydrogen-bond acceptors (Lipinski definition) is 6. The van der Waals surface area contributed by atoms with E-state index in [0.717, 1.165) is 36.6 Å². The number of benzene rings is 2. The van der Waals surface area contributed by atoms with Crippen LogP contribution in [-0.2, 0) is 19.4 Å². The third-order valence-electron chi connectivity index (χ3n) is 8.33. The van der Waals surface area contributed by atoms with Gasteiger partial charge in [0.05, 0.1) is 17.6 Å². The van der Waals surface area contributed by atoms with Gasteiger partial charge in [0, 0.05) is 24.2 Å². The van der Waals surface area contributed by atoms with Gasteiger partial charge in [-0.3, -0.25) is 9.59 Å². The van der Waals surface area contributed by atoms with Crippen LogP contribution in [0.1, 0.15) is 64.5 Å². The maximum absolute atomic E-state index is 14.3. The monoisotopic (exact) mass is 560 g/mol. The van der Waals surface area contributed by atoms with Crippen molar-refractivity contribution in [2.24, 2.45) is 0 Å². The Hall–Kier alpha value is -3.92. The standard InChI is InChI=1S/C30H26F2N4O3S/c1-16-7-10-21-22-11-12-23-25(29-34-33-24(40-29)13-18-8-9-19(31)14-20(18)32)27(37)28(26(36(22)23)30(38)35(16)21)39-15-17-5-3-2-4-6-17/h2-6,8-9,14,16,21-22H,7,10-13,15H2,1H3/t16-,21?,22?/m0/s1. The van der Waals surface area contributed by atoms with E-state index in [4.69, 9.17) is 4.74 Å². The molecule has 5 heterocycles. The summed E-state index contributed by atoms with van der Waals surface area (Å²) < 4.78 is 35.9. The fourth-order valence-electron chi connectivity index (χ4n) is 6.51. The SMILES string of the molecule is C[C@H]1CCC2C3CCc4c(-c5nnc(Cc6ccc(F)cc6F)s5)c(=O)c(OCc5ccccc5)c(n43)C(=O)N21. The van der Waals surface area contributed by atoms with Gasteiger partial charge in [-0.2, -0.15) is 0 Å². The Balaban J connectivity index is 1.35. The van der Waals surface area contributed by atoms with Crippen molar-refractivity contribution in [1.29, 1.82) is 0 Å². The van der Waals surface area contributed by atoms with Crippen molar-refractivity contribution in [1.82, 2.24) is 19.7 Å². The lowest BCUT2D eigenvalue weighted by molar-refractivity contribution is 0.0539. The van der Waals surface area contributed by atoms with Crippen molar-refractivity contribution >= 4 is 17.2 Å². The van der Waals surface area contributed by atoms with E-state index in [9.17, 15) is 18.4 Å². The Morgan fingerprint density at radius 3 is 2.65 bits per heavy atom. The van der Waals surface area contributed by atoms with Gasteiger partial charge in [0.1, 0.15) is 23.2 Å². The molecule has 0 aliphatic carbocycles. The molecule has 0 bridgehead atoms. The van der Waals surface area contributed by atoms with E-state index in [1.165, 1.54) is 23.5 Å². The van der Waals surface area contributed by atoms with Gasteiger partial charge in [-0.15, -0.1) is 10.2 Å². The highest BCUT2D eigenvalue weighted by atomic mass is 32.1. The number of carbonyl (C=O) groups excluding carboxylic acids is 1. The highest BCUT2D eigenvalue weighted by Gasteiger charge is 2.50. The van der Waals surface area contributed by atoms with Gasteiger partial charge >= 0.3 is 0 Å². The molecule has 1 amide bonds. The van der Waals surface area contributed by atoms with Crippen molar-refractivity contribution in [3.8, 4) is 16.3 Å². The molecule has 40 heavy (non-hydrogen) atoms. The molecule has 2 aromatic heterocycles. The number of ether oxygens (including phenoxy) is 1.